The zero-order valence-electron chi connectivity index (χ0n) is 18.0. The lowest BCUT2D eigenvalue weighted by atomic mass is 10.2. The smallest absolute Gasteiger partial charge is 0.378 e. The van der Waals surface area contributed by atoms with Crippen LogP contribution >= 0.6 is 0 Å². The summed E-state index contributed by atoms with van der Waals surface area (Å²) in [5.74, 6) is 0.525. The van der Waals surface area contributed by atoms with Crippen LogP contribution in [0.3, 0.4) is 0 Å². The minimum Gasteiger partial charge on any atom is -0.378 e. The first-order chi connectivity index (χ1) is 16.2. The normalized spacial score (nSPS) is 14.4. The van der Waals surface area contributed by atoms with Crippen LogP contribution in [0.1, 0.15) is 29.4 Å². The highest BCUT2D eigenvalue weighted by Crippen LogP contribution is 2.31. The molecule has 2 N–H and O–H groups in total. The average Bonchev–Trinajstić information content (AvgIpc) is 3.20. The van der Waals surface area contributed by atoms with Crippen molar-refractivity contribution in [1.29, 1.82) is 5.26 Å². The SMILES string of the molecule is C[C@@H](COCc1cc2n(n1)CCN(c1ncc(C#N)cn1)C2)Nc1cn[nH]c(=O)c1C(F)(F)F. The summed E-state index contributed by atoms with van der Waals surface area (Å²) >= 11 is 0. The predicted molar refractivity (Wildman–Crippen MR) is 113 cm³/mol. The predicted octanol–water partition coefficient (Wildman–Crippen LogP) is 1.68. The Morgan fingerprint density at radius 3 is 2.76 bits per heavy atom. The van der Waals surface area contributed by atoms with Crippen LogP contribution in [0, 0.1) is 11.3 Å². The number of nitrogens with zero attached hydrogens (tertiary/aromatic N) is 7. The molecule has 3 aromatic heterocycles. The third-order valence-electron chi connectivity index (χ3n) is 5.06. The Morgan fingerprint density at radius 1 is 1.29 bits per heavy atom. The van der Waals surface area contributed by atoms with Gasteiger partial charge in [-0.3, -0.25) is 9.48 Å². The highest BCUT2D eigenvalue weighted by Gasteiger charge is 2.37. The summed E-state index contributed by atoms with van der Waals surface area (Å²) in [5, 5.41) is 21.2. The molecule has 4 heterocycles. The van der Waals surface area contributed by atoms with Crippen molar-refractivity contribution < 1.29 is 17.9 Å². The third-order valence-corrected chi connectivity index (χ3v) is 5.06. The fourth-order valence-corrected chi connectivity index (χ4v) is 3.55. The zero-order valence-corrected chi connectivity index (χ0v) is 18.0. The van der Waals surface area contributed by atoms with Crippen molar-refractivity contribution in [3.63, 3.8) is 0 Å². The number of fused-ring (bicyclic) bond motifs is 1. The van der Waals surface area contributed by atoms with Gasteiger partial charge in [-0.2, -0.15) is 28.6 Å². The molecule has 3 aromatic rings. The van der Waals surface area contributed by atoms with Gasteiger partial charge in [0.15, 0.2) is 0 Å². The summed E-state index contributed by atoms with van der Waals surface area (Å²) in [7, 11) is 0. The topological polar surface area (TPSA) is 138 Å². The Bertz CT molecular complexity index is 1250. The number of hydrogen-bond acceptors (Lipinski definition) is 9. The van der Waals surface area contributed by atoms with Crippen molar-refractivity contribution >= 4 is 11.6 Å². The Labute approximate surface area is 191 Å². The van der Waals surface area contributed by atoms with Gasteiger partial charge < -0.3 is 15.0 Å². The van der Waals surface area contributed by atoms with Gasteiger partial charge in [-0.15, -0.1) is 0 Å². The van der Waals surface area contributed by atoms with E-state index in [1.54, 1.807) is 12.0 Å². The van der Waals surface area contributed by atoms with E-state index in [2.05, 4.69) is 25.5 Å². The van der Waals surface area contributed by atoms with Gasteiger partial charge in [0.1, 0.15) is 11.6 Å². The fraction of sp³-hybridized carbons (Fsp3) is 0.400. The number of aromatic nitrogens is 6. The summed E-state index contributed by atoms with van der Waals surface area (Å²) < 4.78 is 47.0. The second-order valence-corrected chi connectivity index (χ2v) is 7.70. The lowest BCUT2D eigenvalue weighted by Crippen LogP contribution is -2.34. The van der Waals surface area contributed by atoms with Crippen LogP contribution in [0.5, 0.6) is 0 Å². The van der Waals surface area contributed by atoms with E-state index in [4.69, 9.17) is 10.00 Å². The highest BCUT2D eigenvalue weighted by molar-refractivity contribution is 5.50. The molecule has 11 nitrogen and oxygen atoms in total. The van der Waals surface area contributed by atoms with E-state index in [9.17, 15) is 18.0 Å². The largest absolute Gasteiger partial charge is 0.423 e. The summed E-state index contributed by atoms with van der Waals surface area (Å²) in [4.78, 5) is 22.0. The van der Waals surface area contributed by atoms with Gasteiger partial charge in [0.2, 0.25) is 5.95 Å². The van der Waals surface area contributed by atoms with Gasteiger partial charge in [0.05, 0.1) is 67.5 Å². The molecule has 1 atom stereocenters. The van der Waals surface area contributed by atoms with E-state index in [-0.39, 0.29) is 13.2 Å². The Balaban J connectivity index is 1.32. The van der Waals surface area contributed by atoms with Gasteiger partial charge >= 0.3 is 6.18 Å². The number of halogens is 3. The molecule has 1 aliphatic rings. The van der Waals surface area contributed by atoms with Gasteiger partial charge in [-0.25, -0.2) is 15.1 Å². The summed E-state index contributed by atoms with van der Waals surface area (Å²) in [6.07, 6.45) is -0.941. The number of H-pyrrole nitrogens is 1. The van der Waals surface area contributed by atoms with Crippen LogP contribution in [-0.2, 0) is 30.6 Å². The second kappa shape index (κ2) is 9.48. The maximum atomic E-state index is 13.2. The first-order valence-corrected chi connectivity index (χ1v) is 10.3. The van der Waals surface area contributed by atoms with E-state index in [1.165, 1.54) is 12.4 Å². The van der Waals surface area contributed by atoms with Gasteiger partial charge in [-0.1, -0.05) is 0 Å². The lowest BCUT2D eigenvalue weighted by Gasteiger charge is -2.27. The quantitative estimate of drug-likeness (QED) is 0.523. The summed E-state index contributed by atoms with van der Waals surface area (Å²) in [6, 6.07) is 3.35. The van der Waals surface area contributed by atoms with Crippen molar-refractivity contribution in [3.05, 3.63) is 57.5 Å². The molecule has 0 aromatic carbocycles. The molecule has 178 valence electrons. The molecule has 0 saturated heterocycles. The molecule has 0 amide bonds. The number of alkyl halides is 3. The molecule has 0 saturated carbocycles. The number of nitriles is 1. The minimum atomic E-state index is -4.81. The fourth-order valence-electron chi connectivity index (χ4n) is 3.55. The first-order valence-electron chi connectivity index (χ1n) is 10.3. The molecule has 0 bridgehead atoms. The average molecular weight is 475 g/mol. The van der Waals surface area contributed by atoms with Crippen LogP contribution in [0.2, 0.25) is 0 Å². The van der Waals surface area contributed by atoms with E-state index < -0.39 is 29.0 Å². The van der Waals surface area contributed by atoms with Crippen LogP contribution < -0.4 is 15.8 Å². The Hall–Kier alpha value is -3.99. The van der Waals surface area contributed by atoms with E-state index >= 15 is 0 Å². The minimum absolute atomic E-state index is 0.0808. The van der Waals surface area contributed by atoms with Crippen molar-refractivity contribution in [2.75, 3.05) is 23.4 Å². The van der Waals surface area contributed by atoms with E-state index in [1.807, 2.05) is 21.7 Å². The number of rotatable bonds is 7. The molecule has 4 rings (SSSR count). The van der Waals surface area contributed by atoms with Crippen LogP contribution in [0.15, 0.2) is 29.5 Å². The van der Waals surface area contributed by atoms with Gasteiger partial charge in [0.25, 0.3) is 5.56 Å². The first kappa shape index (κ1) is 23.2. The summed E-state index contributed by atoms with van der Waals surface area (Å²) in [6.45, 7) is 3.68. The molecule has 0 fully saturated rings. The van der Waals surface area contributed by atoms with Crippen molar-refractivity contribution in [1.82, 2.24) is 29.9 Å². The molecular formula is C20H20F3N9O2. The molecule has 14 heteroatoms. The summed E-state index contributed by atoms with van der Waals surface area (Å²) in [5.41, 5.74) is -1.04. The van der Waals surface area contributed by atoms with Crippen LogP contribution in [-0.4, -0.2) is 49.1 Å². The van der Waals surface area contributed by atoms with Gasteiger partial charge in [0, 0.05) is 12.6 Å². The van der Waals surface area contributed by atoms with E-state index in [0.29, 0.717) is 36.8 Å². The highest BCUT2D eigenvalue weighted by atomic mass is 19.4. The van der Waals surface area contributed by atoms with Crippen molar-refractivity contribution in [3.8, 4) is 6.07 Å². The number of anilines is 2. The van der Waals surface area contributed by atoms with Gasteiger partial charge in [-0.05, 0) is 13.0 Å². The van der Waals surface area contributed by atoms with E-state index in [0.717, 1.165) is 11.9 Å². The molecule has 0 radical (unpaired) electrons. The monoisotopic (exact) mass is 475 g/mol. The zero-order chi connectivity index (χ0) is 24.3. The number of aromatic amines is 1. The molecular weight excluding hydrogens is 455 g/mol. The molecule has 0 spiro atoms. The molecule has 0 unspecified atom stereocenters. The number of ether oxygens (including phenoxy) is 1. The lowest BCUT2D eigenvalue weighted by molar-refractivity contribution is -0.138. The Morgan fingerprint density at radius 2 is 2.06 bits per heavy atom. The number of nitrogens with one attached hydrogen (secondary N) is 2. The molecule has 0 aliphatic carbocycles. The standard InChI is InChI=1S/C20H20F3N9O2/c1-12(28-16-8-27-29-18(33)17(16)20(21,22)23)10-34-11-14-4-15-9-31(2-3-32(15)30-14)19-25-6-13(5-24)7-26-19/h4,6-8,12H,2-3,9-11H2,1H3,(H2,28,29,33)/t12-/m0/s1. The van der Waals surface area contributed by atoms with Crippen LogP contribution in [0.4, 0.5) is 24.8 Å². The van der Waals surface area contributed by atoms with Crippen molar-refractivity contribution in [2.24, 2.45) is 0 Å². The maximum absolute atomic E-state index is 13.2. The number of hydrogen-bond donors (Lipinski definition) is 2. The third kappa shape index (κ3) is 5.15. The van der Waals surface area contributed by atoms with Crippen molar-refractivity contribution in [2.45, 2.75) is 38.8 Å². The molecule has 34 heavy (non-hydrogen) atoms. The Kier molecular flexibility index (Phi) is 6.46. The second-order valence-electron chi connectivity index (χ2n) is 7.70. The maximum Gasteiger partial charge on any atom is 0.423 e. The molecule has 1 aliphatic heterocycles. The van der Waals surface area contributed by atoms with Crippen LogP contribution in [0.25, 0.3) is 0 Å².